The molecule has 24 heavy (non-hydrogen) atoms. The van der Waals surface area contributed by atoms with Gasteiger partial charge in [0.05, 0.1) is 6.33 Å². The molecule has 0 saturated carbocycles. The number of hydrogen-bond donors (Lipinski definition) is 1. The van der Waals surface area contributed by atoms with E-state index in [2.05, 4.69) is 10.3 Å². The van der Waals surface area contributed by atoms with Crippen LogP contribution < -0.4 is 5.32 Å². The van der Waals surface area contributed by atoms with Gasteiger partial charge in [-0.25, -0.2) is 4.98 Å². The zero-order chi connectivity index (χ0) is 17.1. The number of carbonyl (C=O) groups excluding carboxylic acids is 2. The monoisotopic (exact) mass is 326 g/mol. The van der Waals surface area contributed by atoms with Gasteiger partial charge in [-0.2, -0.15) is 0 Å². The van der Waals surface area contributed by atoms with Gasteiger partial charge in [0.15, 0.2) is 0 Å². The highest BCUT2D eigenvalue weighted by Crippen LogP contribution is 2.26. The number of amides is 2. The molecular weight excluding hydrogens is 304 g/mol. The highest BCUT2D eigenvalue weighted by atomic mass is 16.2. The SMILES string of the molecule is CC(C)C(C(=O)NCCn1ccnc1)N1Cc2ccccc2C1=O. The minimum atomic E-state index is -0.465. The van der Waals surface area contributed by atoms with Gasteiger partial charge in [0.2, 0.25) is 5.91 Å². The van der Waals surface area contributed by atoms with Crippen molar-refractivity contribution in [2.45, 2.75) is 33.0 Å². The van der Waals surface area contributed by atoms with Crippen molar-refractivity contribution in [3.63, 3.8) is 0 Å². The van der Waals surface area contributed by atoms with Crippen molar-refractivity contribution in [2.24, 2.45) is 5.92 Å². The van der Waals surface area contributed by atoms with E-state index in [1.54, 1.807) is 17.4 Å². The molecule has 1 aromatic carbocycles. The number of imidazole rings is 1. The number of nitrogens with one attached hydrogen (secondary N) is 1. The average Bonchev–Trinajstić information content (AvgIpc) is 3.17. The van der Waals surface area contributed by atoms with E-state index in [4.69, 9.17) is 0 Å². The fraction of sp³-hybridized carbons (Fsp3) is 0.389. The van der Waals surface area contributed by atoms with Gasteiger partial charge < -0.3 is 14.8 Å². The highest BCUT2D eigenvalue weighted by molar-refractivity contribution is 6.01. The van der Waals surface area contributed by atoms with Crippen LogP contribution in [-0.2, 0) is 17.9 Å². The lowest BCUT2D eigenvalue weighted by molar-refractivity contribution is -0.127. The van der Waals surface area contributed by atoms with Crippen LogP contribution >= 0.6 is 0 Å². The summed E-state index contributed by atoms with van der Waals surface area (Å²) in [5, 5.41) is 2.95. The van der Waals surface area contributed by atoms with Crippen LogP contribution in [0.15, 0.2) is 43.0 Å². The van der Waals surface area contributed by atoms with Gasteiger partial charge in [0.25, 0.3) is 5.91 Å². The first-order valence-corrected chi connectivity index (χ1v) is 8.20. The van der Waals surface area contributed by atoms with Crippen LogP contribution in [-0.4, -0.2) is 38.9 Å². The van der Waals surface area contributed by atoms with Gasteiger partial charge >= 0.3 is 0 Å². The van der Waals surface area contributed by atoms with E-state index in [1.165, 1.54) is 0 Å². The fourth-order valence-electron chi connectivity index (χ4n) is 3.14. The Hall–Kier alpha value is -2.63. The van der Waals surface area contributed by atoms with E-state index in [9.17, 15) is 9.59 Å². The molecule has 2 heterocycles. The number of aromatic nitrogens is 2. The van der Waals surface area contributed by atoms with Crippen molar-refractivity contribution < 1.29 is 9.59 Å². The first-order chi connectivity index (χ1) is 11.6. The zero-order valence-electron chi connectivity index (χ0n) is 14.0. The van der Waals surface area contributed by atoms with Gasteiger partial charge in [-0.15, -0.1) is 0 Å². The lowest BCUT2D eigenvalue weighted by Crippen LogP contribution is -2.50. The summed E-state index contributed by atoms with van der Waals surface area (Å²) in [6.07, 6.45) is 5.28. The molecule has 0 aliphatic carbocycles. The summed E-state index contributed by atoms with van der Waals surface area (Å²) in [5.41, 5.74) is 1.69. The molecule has 6 nitrogen and oxygen atoms in total. The quantitative estimate of drug-likeness (QED) is 0.878. The summed E-state index contributed by atoms with van der Waals surface area (Å²) in [5.74, 6) is -0.128. The van der Waals surface area contributed by atoms with E-state index >= 15 is 0 Å². The summed E-state index contributed by atoms with van der Waals surface area (Å²) < 4.78 is 1.90. The Morgan fingerprint density at radius 1 is 1.33 bits per heavy atom. The van der Waals surface area contributed by atoms with E-state index in [0.717, 1.165) is 5.56 Å². The number of nitrogens with zero attached hydrogens (tertiary/aromatic N) is 3. The Bertz CT molecular complexity index is 724. The van der Waals surface area contributed by atoms with E-state index in [-0.39, 0.29) is 17.7 Å². The minimum Gasteiger partial charge on any atom is -0.353 e. The maximum absolute atomic E-state index is 12.7. The maximum Gasteiger partial charge on any atom is 0.255 e. The van der Waals surface area contributed by atoms with E-state index < -0.39 is 6.04 Å². The number of benzene rings is 1. The predicted octanol–water partition coefficient (Wildman–Crippen LogP) is 1.68. The Balaban J connectivity index is 1.66. The molecule has 6 heteroatoms. The third kappa shape index (κ3) is 3.18. The molecule has 1 aliphatic heterocycles. The summed E-state index contributed by atoms with van der Waals surface area (Å²) >= 11 is 0. The van der Waals surface area contributed by atoms with Crippen LogP contribution in [0, 0.1) is 5.92 Å². The number of rotatable bonds is 6. The lowest BCUT2D eigenvalue weighted by Gasteiger charge is -2.30. The number of hydrogen-bond acceptors (Lipinski definition) is 3. The van der Waals surface area contributed by atoms with Gasteiger partial charge in [-0.3, -0.25) is 9.59 Å². The Labute approximate surface area is 141 Å². The largest absolute Gasteiger partial charge is 0.353 e. The van der Waals surface area contributed by atoms with Crippen molar-refractivity contribution in [3.8, 4) is 0 Å². The summed E-state index contributed by atoms with van der Waals surface area (Å²) in [6.45, 7) is 5.59. The van der Waals surface area contributed by atoms with Crippen LogP contribution in [0.1, 0.15) is 29.8 Å². The molecule has 1 aliphatic rings. The molecule has 0 spiro atoms. The highest BCUT2D eigenvalue weighted by Gasteiger charge is 2.37. The summed E-state index contributed by atoms with van der Waals surface area (Å²) in [6, 6.07) is 7.09. The Kier molecular flexibility index (Phi) is 4.64. The molecule has 0 fully saturated rings. The standard InChI is InChI=1S/C18H22N4O2/c1-13(2)16(17(23)20-8-10-21-9-7-19-12-21)22-11-14-5-3-4-6-15(14)18(22)24/h3-7,9,12-13,16H,8,10-11H2,1-2H3,(H,20,23). The second kappa shape index (κ2) is 6.86. The van der Waals surface area contributed by atoms with Crippen molar-refractivity contribution in [1.82, 2.24) is 19.8 Å². The summed E-state index contributed by atoms with van der Waals surface area (Å²) in [4.78, 5) is 31.0. The Morgan fingerprint density at radius 2 is 2.12 bits per heavy atom. The molecule has 126 valence electrons. The average molecular weight is 326 g/mol. The molecule has 1 unspecified atom stereocenters. The number of carbonyl (C=O) groups is 2. The van der Waals surface area contributed by atoms with Crippen molar-refractivity contribution in [2.75, 3.05) is 6.54 Å². The lowest BCUT2D eigenvalue weighted by atomic mass is 10.0. The molecular formula is C18H22N4O2. The fourth-order valence-corrected chi connectivity index (χ4v) is 3.14. The van der Waals surface area contributed by atoms with Crippen LogP contribution in [0.3, 0.4) is 0 Å². The van der Waals surface area contributed by atoms with Crippen LogP contribution in [0.25, 0.3) is 0 Å². The number of fused-ring (bicyclic) bond motifs is 1. The molecule has 0 saturated heterocycles. The van der Waals surface area contributed by atoms with Gasteiger partial charge in [0.1, 0.15) is 6.04 Å². The van der Waals surface area contributed by atoms with Crippen LogP contribution in [0.2, 0.25) is 0 Å². The normalized spacial score (nSPS) is 14.8. The minimum absolute atomic E-state index is 0.0384. The zero-order valence-corrected chi connectivity index (χ0v) is 14.0. The Morgan fingerprint density at radius 3 is 2.79 bits per heavy atom. The van der Waals surface area contributed by atoms with Gasteiger partial charge in [-0.1, -0.05) is 32.0 Å². The van der Waals surface area contributed by atoms with Gasteiger partial charge in [-0.05, 0) is 17.5 Å². The molecule has 1 atom stereocenters. The molecule has 3 rings (SSSR count). The van der Waals surface area contributed by atoms with Crippen molar-refractivity contribution in [3.05, 3.63) is 54.1 Å². The molecule has 0 bridgehead atoms. The third-order valence-electron chi connectivity index (χ3n) is 4.31. The van der Waals surface area contributed by atoms with Crippen molar-refractivity contribution >= 4 is 11.8 Å². The van der Waals surface area contributed by atoms with Gasteiger partial charge in [0, 0.05) is 37.6 Å². The van der Waals surface area contributed by atoms with Crippen LogP contribution in [0.4, 0.5) is 0 Å². The maximum atomic E-state index is 12.7. The second-order valence-corrected chi connectivity index (χ2v) is 6.37. The van der Waals surface area contributed by atoms with E-state index in [0.29, 0.717) is 25.2 Å². The van der Waals surface area contributed by atoms with Crippen molar-refractivity contribution in [1.29, 1.82) is 0 Å². The third-order valence-corrected chi connectivity index (χ3v) is 4.31. The summed E-state index contributed by atoms with van der Waals surface area (Å²) in [7, 11) is 0. The first-order valence-electron chi connectivity index (χ1n) is 8.20. The smallest absolute Gasteiger partial charge is 0.255 e. The predicted molar refractivity (Wildman–Crippen MR) is 90.2 cm³/mol. The first kappa shape index (κ1) is 16.2. The molecule has 2 aromatic rings. The second-order valence-electron chi connectivity index (χ2n) is 6.37. The molecule has 2 amide bonds. The molecule has 1 N–H and O–H groups in total. The molecule has 0 radical (unpaired) electrons. The topological polar surface area (TPSA) is 67.2 Å². The molecule has 1 aromatic heterocycles. The van der Waals surface area contributed by atoms with E-state index in [1.807, 2.05) is 48.9 Å². The van der Waals surface area contributed by atoms with Crippen LogP contribution in [0.5, 0.6) is 0 Å².